The molecule has 0 radical (unpaired) electrons. The number of hydrogen-bond donors (Lipinski definition) is 1. The predicted octanol–water partition coefficient (Wildman–Crippen LogP) is 2.02. The molecule has 2 heterocycles. The lowest BCUT2D eigenvalue weighted by molar-refractivity contribution is -0.0734. The molecule has 2 aliphatic rings. The SMILES string of the molecule is CCCC1CC(CN)(N(C)CC2CCOCC2)CCO1. The van der Waals surface area contributed by atoms with E-state index in [1.165, 1.54) is 19.3 Å². The van der Waals surface area contributed by atoms with E-state index in [1.807, 2.05) is 0 Å². The van der Waals surface area contributed by atoms with E-state index in [4.69, 9.17) is 15.2 Å². The second kappa shape index (κ2) is 7.74. The van der Waals surface area contributed by atoms with Gasteiger partial charge < -0.3 is 15.2 Å². The first kappa shape index (κ1) is 16.2. The molecule has 2 fully saturated rings. The van der Waals surface area contributed by atoms with E-state index >= 15 is 0 Å². The van der Waals surface area contributed by atoms with Crippen molar-refractivity contribution >= 4 is 0 Å². The molecule has 2 saturated heterocycles. The van der Waals surface area contributed by atoms with Crippen molar-refractivity contribution in [1.29, 1.82) is 0 Å². The van der Waals surface area contributed by atoms with Gasteiger partial charge in [0.2, 0.25) is 0 Å². The Hall–Kier alpha value is -0.160. The molecule has 0 aliphatic carbocycles. The second-order valence-electron chi connectivity index (χ2n) is 6.60. The highest BCUT2D eigenvalue weighted by molar-refractivity contribution is 4.95. The second-order valence-corrected chi connectivity index (χ2v) is 6.60. The minimum Gasteiger partial charge on any atom is -0.381 e. The zero-order valence-corrected chi connectivity index (χ0v) is 13.3. The van der Waals surface area contributed by atoms with Crippen LogP contribution in [0.5, 0.6) is 0 Å². The Morgan fingerprint density at radius 1 is 1.25 bits per heavy atom. The van der Waals surface area contributed by atoms with Gasteiger partial charge in [-0.2, -0.15) is 0 Å². The third-order valence-corrected chi connectivity index (χ3v) is 5.20. The summed E-state index contributed by atoms with van der Waals surface area (Å²) in [7, 11) is 2.26. The van der Waals surface area contributed by atoms with Crippen molar-refractivity contribution in [2.75, 3.05) is 40.0 Å². The topological polar surface area (TPSA) is 47.7 Å². The molecule has 20 heavy (non-hydrogen) atoms. The summed E-state index contributed by atoms with van der Waals surface area (Å²) in [6.07, 6.45) is 7.30. The Kier molecular flexibility index (Phi) is 6.27. The Morgan fingerprint density at radius 2 is 2.00 bits per heavy atom. The molecule has 0 aromatic heterocycles. The maximum atomic E-state index is 6.18. The first-order chi connectivity index (χ1) is 9.70. The molecule has 0 amide bonds. The first-order valence-corrected chi connectivity index (χ1v) is 8.31. The van der Waals surface area contributed by atoms with Crippen molar-refractivity contribution in [1.82, 2.24) is 4.90 Å². The molecule has 2 N–H and O–H groups in total. The highest BCUT2D eigenvalue weighted by Crippen LogP contribution is 2.32. The molecule has 0 bridgehead atoms. The van der Waals surface area contributed by atoms with E-state index in [0.29, 0.717) is 6.10 Å². The maximum absolute atomic E-state index is 6.18. The van der Waals surface area contributed by atoms with Gasteiger partial charge in [0.1, 0.15) is 0 Å². The number of rotatable bonds is 6. The van der Waals surface area contributed by atoms with Crippen LogP contribution in [0.1, 0.15) is 45.4 Å². The summed E-state index contributed by atoms with van der Waals surface area (Å²) < 4.78 is 11.4. The van der Waals surface area contributed by atoms with Crippen molar-refractivity contribution < 1.29 is 9.47 Å². The minimum absolute atomic E-state index is 0.149. The molecule has 2 unspecified atom stereocenters. The first-order valence-electron chi connectivity index (χ1n) is 8.31. The van der Waals surface area contributed by atoms with Gasteiger partial charge >= 0.3 is 0 Å². The number of nitrogens with zero attached hydrogens (tertiary/aromatic N) is 1. The quantitative estimate of drug-likeness (QED) is 0.810. The molecule has 4 nitrogen and oxygen atoms in total. The zero-order valence-electron chi connectivity index (χ0n) is 13.3. The van der Waals surface area contributed by atoms with Crippen LogP contribution in [0.4, 0.5) is 0 Å². The van der Waals surface area contributed by atoms with Crippen molar-refractivity contribution in [2.45, 2.75) is 57.1 Å². The van der Waals surface area contributed by atoms with Crippen LogP contribution in [0, 0.1) is 5.92 Å². The van der Waals surface area contributed by atoms with E-state index < -0.39 is 0 Å². The van der Waals surface area contributed by atoms with Gasteiger partial charge in [0.05, 0.1) is 6.10 Å². The smallest absolute Gasteiger partial charge is 0.0593 e. The van der Waals surface area contributed by atoms with Gasteiger partial charge in [0, 0.05) is 38.4 Å². The van der Waals surface area contributed by atoms with E-state index in [9.17, 15) is 0 Å². The van der Waals surface area contributed by atoms with Crippen LogP contribution in [-0.2, 0) is 9.47 Å². The minimum atomic E-state index is 0.149. The molecular weight excluding hydrogens is 252 g/mol. The lowest BCUT2D eigenvalue weighted by Gasteiger charge is -2.47. The summed E-state index contributed by atoms with van der Waals surface area (Å²) in [5, 5.41) is 0. The van der Waals surface area contributed by atoms with Gasteiger partial charge in [-0.25, -0.2) is 0 Å². The standard InChI is InChI=1S/C16H32N2O2/c1-3-4-15-11-16(13-17,7-10-20-15)18(2)12-14-5-8-19-9-6-14/h14-15H,3-13,17H2,1-2H3. The van der Waals surface area contributed by atoms with Gasteiger partial charge in [-0.05, 0) is 45.1 Å². The molecule has 0 aromatic rings. The van der Waals surface area contributed by atoms with Crippen LogP contribution in [0.2, 0.25) is 0 Å². The van der Waals surface area contributed by atoms with Gasteiger partial charge in [0.25, 0.3) is 0 Å². The largest absolute Gasteiger partial charge is 0.381 e. The normalized spacial score (nSPS) is 32.7. The summed E-state index contributed by atoms with van der Waals surface area (Å²) >= 11 is 0. The summed E-state index contributed by atoms with van der Waals surface area (Å²) in [5.74, 6) is 0.768. The van der Waals surface area contributed by atoms with Crippen molar-refractivity contribution in [3.05, 3.63) is 0 Å². The van der Waals surface area contributed by atoms with Crippen molar-refractivity contribution in [3.63, 3.8) is 0 Å². The molecule has 2 atom stereocenters. The van der Waals surface area contributed by atoms with Crippen LogP contribution in [0.15, 0.2) is 0 Å². The molecule has 0 saturated carbocycles. The number of ether oxygens (including phenoxy) is 2. The predicted molar refractivity (Wildman–Crippen MR) is 81.8 cm³/mol. The molecule has 118 valence electrons. The maximum Gasteiger partial charge on any atom is 0.0593 e. The number of likely N-dealkylation sites (N-methyl/N-ethyl adjacent to an activating group) is 1. The Balaban J connectivity index is 1.93. The monoisotopic (exact) mass is 284 g/mol. The Labute approximate surface area is 124 Å². The fraction of sp³-hybridized carbons (Fsp3) is 1.00. The lowest BCUT2D eigenvalue weighted by atomic mass is 9.83. The Bertz CT molecular complexity index is 280. The van der Waals surface area contributed by atoms with E-state index in [1.54, 1.807) is 0 Å². The summed E-state index contributed by atoms with van der Waals surface area (Å²) in [4.78, 5) is 2.54. The van der Waals surface area contributed by atoms with Crippen LogP contribution >= 0.6 is 0 Å². The molecule has 4 heteroatoms. The molecular formula is C16H32N2O2. The third kappa shape index (κ3) is 3.94. The van der Waals surface area contributed by atoms with Gasteiger partial charge in [-0.15, -0.1) is 0 Å². The average Bonchev–Trinajstić information content (AvgIpc) is 2.48. The average molecular weight is 284 g/mol. The molecule has 0 aromatic carbocycles. The van der Waals surface area contributed by atoms with Crippen molar-refractivity contribution in [3.8, 4) is 0 Å². The molecule has 0 spiro atoms. The molecule has 2 rings (SSSR count). The Morgan fingerprint density at radius 3 is 2.65 bits per heavy atom. The van der Waals surface area contributed by atoms with Crippen LogP contribution in [0.3, 0.4) is 0 Å². The lowest BCUT2D eigenvalue weighted by Crippen LogP contribution is -2.58. The van der Waals surface area contributed by atoms with Gasteiger partial charge in [0.15, 0.2) is 0 Å². The van der Waals surface area contributed by atoms with Crippen LogP contribution < -0.4 is 5.73 Å². The molecule has 2 aliphatic heterocycles. The summed E-state index contributed by atoms with van der Waals surface area (Å²) in [5.41, 5.74) is 6.33. The van der Waals surface area contributed by atoms with Crippen LogP contribution in [0.25, 0.3) is 0 Å². The third-order valence-electron chi connectivity index (χ3n) is 5.20. The van der Waals surface area contributed by atoms with E-state index in [2.05, 4.69) is 18.9 Å². The fourth-order valence-corrected chi connectivity index (χ4v) is 3.71. The fourth-order valence-electron chi connectivity index (χ4n) is 3.71. The van der Waals surface area contributed by atoms with Crippen molar-refractivity contribution in [2.24, 2.45) is 11.7 Å². The zero-order chi connectivity index (χ0) is 14.4. The number of nitrogens with two attached hydrogens (primary N) is 1. The summed E-state index contributed by atoms with van der Waals surface area (Å²) in [6.45, 7) is 6.84. The highest BCUT2D eigenvalue weighted by Gasteiger charge is 2.39. The number of hydrogen-bond acceptors (Lipinski definition) is 4. The van der Waals surface area contributed by atoms with E-state index in [0.717, 1.165) is 58.1 Å². The van der Waals surface area contributed by atoms with E-state index in [-0.39, 0.29) is 5.54 Å². The van der Waals surface area contributed by atoms with Gasteiger partial charge in [-0.1, -0.05) is 13.3 Å². The summed E-state index contributed by atoms with van der Waals surface area (Å²) in [6, 6.07) is 0. The van der Waals surface area contributed by atoms with Crippen LogP contribution in [-0.4, -0.2) is 56.5 Å². The highest BCUT2D eigenvalue weighted by atomic mass is 16.5. The van der Waals surface area contributed by atoms with Gasteiger partial charge in [-0.3, -0.25) is 4.90 Å².